The number of nitrogens with zero attached hydrogens (tertiary/aromatic N) is 1. The summed E-state index contributed by atoms with van der Waals surface area (Å²) >= 11 is 0. The molecule has 2 amide bonds. The summed E-state index contributed by atoms with van der Waals surface area (Å²) in [5.41, 5.74) is 1.08. The van der Waals surface area contributed by atoms with E-state index in [2.05, 4.69) is 11.3 Å². The van der Waals surface area contributed by atoms with Gasteiger partial charge in [-0.2, -0.15) is 0 Å². The summed E-state index contributed by atoms with van der Waals surface area (Å²) in [4.78, 5) is 38.2. The van der Waals surface area contributed by atoms with Crippen LogP contribution in [0.25, 0.3) is 0 Å². The molecule has 5 atom stereocenters. The minimum absolute atomic E-state index is 0.239. The second-order valence-electron chi connectivity index (χ2n) is 7.21. The van der Waals surface area contributed by atoms with E-state index in [0.29, 0.717) is 12.8 Å². The van der Waals surface area contributed by atoms with Crippen molar-refractivity contribution in [3.8, 4) is 0 Å². The van der Waals surface area contributed by atoms with Crippen molar-refractivity contribution in [2.45, 2.75) is 51.0 Å². The molecule has 2 aliphatic rings. The molecule has 1 aromatic rings. The fourth-order valence-electron chi connectivity index (χ4n) is 3.77. The van der Waals surface area contributed by atoms with E-state index in [-0.39, 0.29) is 11.5 Å². The monoisotopic (exact) mass is 387 g/mol. The first-order chi connectivity index (χ1) is 13.3. The average molecular weight is 387 g/mol. The zero-order valence-corrected chi connectivity index (χ0v) is 16.3. The number of hydrogen-bond acceptors (Lipinski definition) is 6. The summed E-state index contributed by atoms with van der Waals surface area (Å²) in [5.74, 6) is -1.42. The van der Waals surface area contributed by atoms with Gasteiger partial charge in [-0.1, -0.05) is 43.8 Å². The molecule has 2 saturated heterocycles. The Bertz CT molecular complexity index is 776. The van der Waals surface area contributed by atoms with Crippen LogP contribution in [-0.4, -0.2) is 48.2 Å². The van der Waals surface area contributed by atoms with E-state index in [0.717, 1.165) is 5.56 Å². The molecule has 0 aromatic heterocycles. The number of benzene rings is 1. The molecular formula is C21H25NO6. The molecule has 28 heavy (non-hydrogen) atoms. The molecule has 0 radical (unpaired) electrons. The highest BCUT2D eigenvalue weighted by Crippen LogP contribution is 2.35. The average Bonchev–Trinajstić information content (AvgIpc) is 3.31. The van der Waals surface area contributed by atoms with Gasteiger partial charge in [0.2, 0.25) is 5.91 Å². The number of cyclic esters (lactones) is 1. The minimum Gasteiger partial charge on any atom is -0.466 e. The highest BCUT2D eigenvalue weighted by Gasteiger charge is 2.47. The van der Waals surface area contributed by atoms with Gasteiger partial charge in [-0.05, 0) is 25.3 Å². The Labute approximate surface area is 164 Å². The van der Waals surface area contributed by atoms with Crippen molar-refractivity contribution < 1.29 is 28.6 Å². The Kier molecular flexibility index (Phi) is 5.84. The van der Waals surface area contributed by atoms with Crippen molar-refractivity contribution in [2.24, 2.45) is 5.92 Å². The Morgan fingerprint density at radius 3 is 2.57 bits per heavy atom. The van der Waals surface area contributed by atoms with Gasteiger partial charge in [0.25, 0.3) is 0 Å². The quantitative estimate of drug-likeness (QED) is 0.571. The maximum Gasteiger partial charge on any atom is 0.417 e. The van der Waals surface area contributed by atoms with Gasteiger partial charge >= 0.3 is 12.1 Å². The Morgan fingerprint density at radius 1 is 1.25 bits per heavy atom. The Morgan fingerprint density at radius 2 is 1.93 bits per heavy atom. The molecule has 7 heteroatoms. The predicted molar refractivity (Wildman–Crippen MR) is 100 cm³/mol. The summed E-state index contributed by atoms with van der Waals surface area (Å²) in [6.07, 6.45) is -0.870. The lowest BCUT2D eigenvalue weighted by molar-refractivity contribution is -0.139. The number of carbonyl (C=O) groups is 3. The molecule has 7 nitrogen and oxygen atoms in total. The topological polar surface area (TPSA) is 82.1 Å². The van der Waals surface area contributed by atoms with Crippen LogP contribution in [0, 0.1) is 5.92 Å². The van der Waals surface area contributed by atoms with Crippen LogP contribution in [0.5, 0.6) is 0 Å². The summed E-state index contributed by atoms with van der Waals surface area (Å²) in [6.45, 7) is 7.25. The molecular weight excluding hydrogens is 362 g/mol. The van der Waals surface area contributed by atoms with Crippen LogP contribution in [0.2, 0.25) is 0 Å². The zero-order chi connectivity index (χ0) is 20.4. The van der Waals surface area contributed by atoms with Crippen LogP contribution in [0.4, 0.5) is 4.79 Å². The van der Waals surface area contributed by atoms with Crippen molar-refractivity contribution in [1.82, 2.24) is 4.90 Å². The molecule has 1 aromatic carbocycles. The van der Waals surface area contributed by atoms with E-state index in [1.807, 2.05) is 30.3 Å². The fourth-order valence-corrected chi connectivity index (χ4v) is 3.77. The van der Waals surface area contributed by atoms with Gasteiger partial charge in [-0.25, -0.2) is 14.5 Å². The highest BCUT2D eigenvalue weighted by molar-refractivity contribution is 5.95. The molecule has 2 heterocycles. The molecule has 0 saturated carbocycles. The fraction of sp³-hybridized carbons (Fsp3) is 0.476. The number of ether oxygens (including phenoxy) is 3. The lowest BCUT2D eigenvalue weighted by atomic mass is 9.98. The van der Waals surface area contributed by atoms with E-state index in [9.17, 15) is 14.4 Å². The third kappa shape index (κ3) is 3.67. The van der Waals surface area contributed by atoms with Crippen LogP contribution in [0.15, 0.2) is 42.5 Å². The first kappa shape index (κ1) is 20.1. The lowest BCUT2D eigenvalue weighted by Gasteiger charge is -2.25. The van der Waals surface area contributed by atoms with E-state index in [1.54, 1.807) is 13.8 Å². The predicted octanol–water partition coefficient (Wildman–Crippen LogP) is 3.01. The van der Waals surface area contributed by atoms with Gasteiger partial charge in [-0.15, -0.1) is 0 Å². The number of hydrogen-bond donors (Lipinski definition) is 0. The van der Waals surface area contributed by atoms with E-state index in [1.165, 1.54) is 12.0 Å². The first-order valence-corrected chi connectivity index (χ1v) is 9.36. The second-order valence-corrected chi connectivity index (χ2v) is 7.21. The van der Waals surface area contributed by atoms with Crippen LogP contribution in [-0.2, 0) is 23.8 Å². The van der Waals surface area contributed by atoms with Crippen LogP contribution >= 0.6 is 0 Å². The van der Waals surface area contributed by atoms with Crippen LogP contribution < -0.4 is 0 Å². The number of carbonyl (C=O) groups excluding carboxylic acids is 3. The van der Waals surface area contributed by atoms with Gasteiger partial charge in [0.15, 0.2) is 0 Å². The van der Waals surface area contributed by atoms with Crippen LogP contribution in [0.3, 0.4) is 0 Å². The maximum absolute atomic E-state index is 13.0. The zero-order valence-electron chi connectivity index (χ0n) is 16.3. The Hall–Kier alpha value is -2.67. The minimum atomic E-state index is -0.647. The first-order valence-electron chi connectivity index (χ1n) is 9.36. The number of amides is 2. The molecule has 3 rings (SSSR count). The van der Waals surface area contributed by atoms with Crippen molar-refractivity contribution >= 4 is 18.0 Å². The second kappa shape index (κ2) is 8.14. The normalized spacial score (nSPS) is 28.0. The largest absolute Gasteiger partial charge is 0.466 e. The number of imide groups is 1. The smallest absolute Gasteiger partial charge is 0.417 e. The molecule has 150 valence electrons. The highest BCUT2D eigenvalue weighted by atomic mass is 16.6. The van der Waals surface area contributed by atoms with Crippen molar-refractivity contribution in [2.75, 3.05) is 7.11 Å². The maximum atomic E-state index is 13.0. The van der Waals surface area contributed by atoms with Crippen molar-refractivity contribution in [3.05, 3.63) is 48.0 Å². The number of methoxy groups -OCH3 is 1. The van der Waals surface area contributed by atoms with E-state index < -0.39 is 42.3 Å². The number of esters is 1. The molecule has 2 aliphatic heterocycles. The third-order valence-corrected chi connectivity index (χ3v) is 5.47. The van der Waals surface area contributed by atoms with E-state index in [4.69, 9.17) is 9.47 Å². The molecule has 0 unspecified atom stereocenters. The van der Waals surface area contributed by atoms with Gasteiger partial charge < -0.3 is 14.2 Å². The molecule has 2 fully saturated rings. The standard InChI is InChI=1S/C21H25NO6/c1-12(16-10-11-17(27-16)13(2)20(24)26-4)19(23)22-14(3)18(28-21(22)25)15-8-6-5-7-9-15/h5-9,12,14,16-18H,2,10-11H2,1,3-4H3/t12-,14-,16+,17-,18-/m1/s1. The SMILES string of the molecule is C=C(C(=O)OC)[C@H]1CC[C@@H]([C@@H](C)C(=O)N2C(=O)O[C@@H](c3ccccc3)[C@H]2C)O1. The summed E-state index contributed by atoms with van der Waals surface area (Å²) < 4.78 is 16.0. The lowest BCUT2D eigenvalue weighted by Crippen LogP contribution is -2.44. The van der Waals surface area contributed by atoms with Crippen molar-refractivity contribution in [1.29, 1.82) is 0 Å². The third-order valence-electron chi connectivity index (χ3n) is 5.47. The van der Waals surface area contributed by atoms with Gasteiger partial charge in [0, 0.05) is 0 Å². The summed E-state index contributed by atoms with van der Waals surface area (Å²) in [5, 5.41) is 0. The molecule has 0 N–H and O–H groups in total. The molecule has 0 aliphatic carbocycles. The van der Waals surface area contributed by atoms with E-state index >= 15 is 0 Å². The summed E-state index contributed by atoms with van der Waals surface area (Å²) in [6, 6.07) is 8.93. The molecule has 0 spiro atoms. The van der Waals surface area contributed by atoms with Gasteiger partial charge in [0.05, 0.1) is 36.9 Å². The Balaban J connectivity index is 1.67. The van der Waals surface area contributed by atoms with Crippen LogP contribution in [0.1, 0.15) is 38.4 Å². The molecule has 0 bridgehead atoms. The van der Waals surface area contributed by atoms with Crippen molar-refractivity contribution in [3.63, 3.8) is 0 Å². The van der Waals surface area contributed by atoms with Gasteiger partial charge in [0.1, 0.15) is 6.10 Å². The summed E-state index contributed by atoms with van der Waals surface area (Å²) in [7, 11) is 1.29. The van der Waals surface area contributed by atoms with Gasteiger partial charge in [-0.3, -0.25) is 4.79 Å². The number of rotatable bonds is 5.